The van der Waals surface area contributed by atoms with Gasteiger partial charge in [0, 0.05) is 11.7 Å². The first-order valence-corrected chi connectivity index (χ1v) is 8.38. The van der Waals surface area contributed by atoms with Crippen molar-refractivity contribution in [1.29, 1.82) is 0 Å². The molecule has 1 aliphatic carbocycles. The highest BCUT2D eigenvalue weighted by molar-refractivity contribution is 7.89. The number of carbonyl (C=O) groups excluding carboxylic acids is 1. The summed E-state index contributed by atoms with van der Waals surface area (Å²) in [6.07, 6.45) is 2.51. The van der Waals surface area contributed by atoms with Crippen LogP contribution in [0, 0.1) is 5.41 Å². The number of hydrogen-bond donors (Lipinski definition) is 3. The summed E-state index contributed by atoms with van der Waals surface area (Å²) < 4.78 is 25.8. The van der Waals surface area contributed by atoms with Crippen LogP contribution in [0.15, 0.2) is 29.2 Å². The number of hydrogen-bond acceptors (Lipinski definition) is 4. The molecule has 1 aliphatic rings. The van der Waals surface area contributed by atoms with Gasteiger partial charge in [0.1, 0.15) is 0 Å². The molecule has 1 saturated carbocycles. The Morgan fingerprint density at radius 1 is 1.43 bits per heavy atom. The van der Waals surface area contributed by atoms with Gasteiger partial charge in [0.15, 0.2) is 0 Å². The quantitative estimate of drug-likeness (QED) is 0.773. The fourth-order valence-corrected chi connectivity index (χ4v) is 3.38. The van der Waals surface area contributed by atoms with Crippen molar-refractivity contribution < 1.29 is 13.2 Å². The Hall–Kier alpha value is -1.44. The summed E-state index contributed by atoms with van der Waals surface area (Å²) >= 11 is 0. The zero-order chi connectivity index (χ0) is 15.7. The molecule has 1 fully saturated rings. The summed E-state index contributed by atoms with van der Waals surface area (Å²) in [6, 6.07) is 6.01. The van der Waals surface area contributed by atoms with Gasteiger partial charge in [0.25, 0.3) is 0 Å². The molecule has 1 amide bonds. The molecule has 7 heteroatoms. The maximum atomic E-state index is 12.4. The van der Waals surface area contributed by atoms with Crippen molar-refractivity contribution in [3.63, 3.8) is 0 Å². The van der Waals surface area contributed by atoms with Crippen LogP contribution < -0.4 is 15.8 Å². The van der Waals surface area contributed by atoms with Crippen LogP contribution >= 0.6 is 0 Å². The molecule has 0 bridgehead atoms. The molecule has 4 N–H and O–H groups in total. The predicted molar refractivity (Wildman–Crippen MR) is 81.3 cm³/mol. The van der Waals surface area contributed by atoms with Crippen molar-refractivity contribution in [2.75, 3.05) is 12.4 Å². The molecule has 6 nitrogen and oxygen atoms in total. The van der Waals surface area contributed by atoms with E-state index in [0.717, 1.165) is 19.3 Å². The lowest BCUT2D eigenvalue weighted by Crippen LogP contribution is -2.44. The van der Waals surface area contributed by atoms with Gasteiger partial charge in [-0.1, -0.05) is 12.5 Å². The van der Waals surface area contributed by atoms with Crippen LogP contribution in [0.4, 0.5) is 5.69 Å². The fourth-order valence-electron chi connectivity index (χ4n) is 2.61. The van der Waals surface area contributed by atoms with Crippen molar-refractivity contribution >= 4 is 21.6 Å². The van der Waals surface area contributed by atoms with E-state index in [1.165, 1.54) is 19.2 Å². The molecule has 116 valence electrons. The van der Waals surface area contributed by atoms with Crippen LogP contribution in [-0.4, -0.2) is 27.4 Å². The van der Waals surface area contributed by atoms with Crippen LogP contribution in [0.1, 0.15) is 26.2 Å². The minimum absolute atomic E-state index is 0.115. The molecule has 0 heterocycles. The lowest BCUT2D eigenvalue weighted by Gasteiger charge is -2.27. The monoisotopic (exact) mass is 311 g/mol. The fraction of sp³-hybridized carbons (Fsp3) is 0.500. The number of benzene rings is 1. The smallest absolute Gasteiger partial charge is 0.240 e. The molecule has 0 aliphatic heterocycles. The summed E-state index contributed by atoms with van der Waals surface area (Å²) in [5.74, 6) is -0.161. The summed E-state index contributed by atoms with van der Waals surface area (Å²) in [6.45, 7) is 1.86. The summed E-state index contributed by atoms with van der Waals surface area (Å²) in [5, 5.41) is 2.78. The van der Waals surface area contributed by atoms with Gasteiger partial charge in [-0.3, -0.25) is 4.79 Å². The Kier molecular flexibility index (Phi) is 4.36. The second-order valence-corrected chi connectivity index (χ2v) is 7.49. The third-order valence-corrected chi connectivity index (χ3v) is 5.63. The third kappa shape index (κ3) is 3.09. The van der Waals surface area contributed by atoms with Gasteiger partial charge in [0.05, 0.1) is 10.3 Å². The molecule has 2 atom stereocenters. The predicted octanol–water partition coefficient (Wildman–Crippen LogP) is 1.05. The van der Waals surface area contributed by atoms with Crippen molar-refractivity contribution in [3.8, 4) is 0 Å². The molecule has 0 radical (unpaired) electrons. The largest absolute Gasteiger partial charge is 0.327 e. The molecule has 0 aromatic heterocycles. The van der Waals surface area contributed by atoms with Gasteiger partial charge < -0.3 is 11.1 Å². The van der Waals surface area contributed by atoms with Gasteiger partial charge in [-0.25, -0.2) is 13.1 Å². The number of rotatable bonds is 4. The van der Waals surface area contributed by atoms with Gasteiger partial charge >= 0.3 is 0 Å². The Morgan fingerprint density at radius 3 is 2.71 bits per heavy atom. The second-order valence-electron chi connectivity index (χ2n) is 5.61. The topological polar surface area (TPSA) is 101 Å². The minimum Gasteiger partial charge on any atom is -0.327 e. The van der Waals surface area contributed by atoms with E-state index in [4.69, 9.17) is 5.73 Å². The Balaban J connectivity index is 2.21. The molecule has 0 saturated heterocycles. The third-order valence-electron chi connectivity index (χ3n) is 4.22. The SMILES string of the molecule is CNS(=O)(=O)c1cccc(NC(=O)C2(C)CCCC2N)c1. The van der Waals surface area contributed by atoms with Crippen molar-refractivity contribution in [1.82, 2.24) is 4.72 Å². The number of amides is 1. The highest BCUT2D eigenvalue weighted by Crippen LogP contribution is 2.37. The van der Waals surface area contributed by atoms with E-state index in [1.54, 1.807) is 12.1 Å². The Bertz CT molecular complexity index is 645. The van der Waals surface area contributed by atoms with E-state index in [0.29, 0.717) is 5.69 Å². The number of anilines is 1. The highest BCUT2D eigenvalue weighted by Gasteiger charge is 2.42. The molecule has 2 unspecified atom stereocenters. The molecular weight excluding hydrogens is 290 g/mol. The van der Waals surface area contributed by atoms with E-state index in [2.05, 4.69) is 10.0 Å². The molecule has 2 rings (SSSR count). The van der Waals surface area contributed by atoms with Gasteiger partial charge in [0.2, 0.25) is 15.9 Å². The lowest BCUT2D eigenvalue weighted by atomic mass is 9.84. The lowest BCUT2D eigenvalue weighted by molar-refractivity contribution is -0.125. The normalized spacial score (nSPS) is 25.8. The van der Waals surface area contributed by atoms with E-state index in [9.17, 15) is 13.2 Å². The van der Waals surface area contributed by atoms with E-state index >= 15 is 0 Å². The molecule has 21 heavy (non-hydrogen) atoms. The summed E-state index contributed by atoms with van der Waals surface area (Å²) in [7, 11) is -2.18. The standard InChI is InChI=1S/C14H21N3O3S/c1-14(8-4-7-12(14)15)13(18)17-10-5-3-6-11(9-10)21(19,20)16-2/h3,5-6,9,12,16H,4,7-8,15H2,1-2H3,(H,17,18). The first kappa shape index (κ1) is 15.9. The summed E-state index contributed by atoms with van der Waals surface area (Å²) in [5.41, 5.74) is 5.88. The van der Waals surface area contributed by atoms with Crippen molar-refractivity contribution in [2.24, 2.45) is 11.1 Å². The van der Waals surface area contributed by atoms with Gasteiger partial charge in [-0.05, 0) is 45.0 Å². The highest BCUT2D eigenvalue weighted by atomic mass is 32.2. The minimum atomic E-state index is -3.53. The van der Waals surface area contributed by atoms with Crippen LogP contribution in [0.2, 0.25) is 0 Å². The number of nitrogens with one attached hydrogen (secondary N) is 2. The average Bonchev–Trinajstić information content (AvgIpc) is 2.80. The average molecular weight is 311 g/mol. The van der Waals surface area contributed by atoms with Crippen LogP contribution in [0.3, 0.4) is 0 Å². The maximum Gasteiger partial charge on any atom is 0.240 e. The number of carbonyl (C=O) groups is 1. The van der Waals surface area contributed by atoms with Gasteiger partial charge in [-0.15, -0.1) is 0 Å². The Morgan fingerprint density at radius 2 is 2.14 bits per heavy atom. The first-order valence-electron chi connectivity index (χ1n) is 6.90. The Labute approximate surface area is 125 Å². The zero-order valence-electron chi connectivity index (χ0n) is 12.2. The van der Waals surface area contributed by atoms with Crippen LogP contribution in [-0.2, 0) is 14.8 Å². The number of nitrogens with two attached hydrogens (primary N) is 1. The number of sulfonamides is 1. The molecule has 1 aromatic carbocycles. The van der Waals surface area contributed by atoms with Crippen molar-refractivity contribution in [3.05, 3.63) is 24.3 Å². The van der Waals surface area contributed by atoms with Crippen LogP contribution in [0.5, 0.6) is 0 Å². The zero-order valence-corrected chi connectivity index (χ0v) is 13.0. The van der Waals surface area contributed by atoms with Crippen LogP contribution in [0.25, 0.3) is 0 Å². The van der Waals surface area contributed by atoms with Gasteiger partial charge in [-0.2, -0.15) is 0 Å². The summed E-state index contributed by atoms with van der Waals surface area (Å²) in [4.78, 5) is 12.5. The van der Waals surface area contributed by atoms with E-state index in [-0.39, 0.29) is 16.8 Å². The van der Waals surface area contributed by atoms with Crippen molar-refractivity contribution in [2.45, 2.75) is 37.1 Å². The molecule has 0 spiro atoms. The van der Waals surface area contributed by atoms with E-state index < -0.39 is 15.4 Å². The maximum absolute atomic E-state index is 12.4. The molecule has 1 aromatic rings. The first-order chi connectivity index (χ1) is 9.79. The van der Waals surface area contributed by atoms with E-state index in [1.807, 2.05) is 6.92 Å². The molecular formula is C14H21N3O3S. The second kappa shape index (κ2) is 5.75.